The molecule has 3 aromatic rings. The second-order valence-corrected chi connectivity index (χ2v) is 8.82. The van der Waals surface area contributed by atoms with Crippen molar-refractivity contribution in [2.75, 3.05) is 33.4 Å². The van der Waals surface area contributed by atoms with Crippen molar-refractivity contribution in [3.63, 3.8) is 0 Å². The molecule has 1 aliphatic heterocycles. The highest BCUT2D eigenvalue weighted by Crippen LogP contribution is 2.30. The Kier molecular flexibility index (Phi) is 7.75. The van der Waals surface area contributed by atoms with Gasteiger partial charge in [-0.2, -0.15) is 0 Å². The standard InChI is InChI=1S/C25H30ClN3O4/c1-31-23-6-5-20(15-24(23)32-14-13-29-12-9-27-19-29)17-28-10-7-25(30,8-11-28)18-33-22-4-2-3-21(26)16-22/h2-6,9,12,15-16,19,30H,7-8,10-11,13-14,17-18H2,1H3. The van der Waals surface area contributed by atoms with Gasteiger partial charge in [0, 0.05) is 37.1 Å². The number of hydrogen-bond acceptors (Lipinski definition) is 6. The molecular weight excluding hydrogens is 442 g/mol. The maximum atomic E-state index is 10.9. The smallest absolute Gasteiger partial charge is 0.161 e. The first-order chi connectivity index (χ1) is 16.0. The number of piperidine rings is 1. The summed E-state index contributed by atoms with van der Waals surface area (Å²) in [4.78, 5) is 6.39. The summed E-state index contributed by atoms with van der Waals surface area (Å²) in [7, 11) is 1.65. The normalized spacial score (nSPS) is 15.8. The van der Waals surface area contributed by atoms with Crippen LogP contribution in [0.2, 0.25) is 5.02 Å². The van der Waals surface area contributed by atoms with E-state index in [-0.39, 0.29) is 6.61 Å². The van der Waals surface area contributed by atoms with Crippen LogP contribution in [-0.4, -0.2) is 58.6 Å². The highest BCUT2D eigenvalue weighted by atomic mass is 35.5. The fourth-order valence-corrected chi connectivity index (χ4v) is 4.10. The van der Waals surface area contributed by atoms with Crippen molar-refractivity contribution >= 4 is 11.6 Å². The Morgan fingerprint density at radius 2 is 1.94 bits per heavy atom. The molecule has 0 aliphatic carbocycles. The molecule has 1 N–H and O–H groups in total. The monoisotopic (exact) mass is 471 g/mol. The van der Waals surface area contributed by atoms with Gasteiger partial charge in [0.2, 0.25) is 0 Å². The molecule has 2 heterocycles. The highest BCUT2D eigenvalue weighted by molar-refractivity contribution is 6.30. The SMILES string of the molecule is COc1ccc(CN2CCC(O)(COc3cccc(Cl)c3)CC2)cc1OCCn1ccnc1. The molecule has 7 nitrogen and oxygen atoms in total. The molecule has 33 heavy (non-hydrogen) atoms. The number of aliphatic hydroxyl groups is 1. The van der Waals surface area contributed by atoms with Crippen LogP contribution >= 0.6 is 11.6 Å². The van der Waals surface area contributed by atoms with E-state index in [2.05, 4.69) is 16.0 Å². The second kappa shape index (κ2) is 10.9. The summed E-state index contributed by atoms with van der Waals surface area (Å²) in [5, 5.41) is 11.6. The Labute approximate surface area is 199 Å². The second-order valence-electron chi connectivity index (χ2n) is 8.38. The zero-order valence-electron chi connectivity index (χ0n) is 18.8. The van der Waals surface area contributed by atoms with Gasteiger partial charge >= 0.3 is 0 Å². The lowest BCUT2D eigenvalue weighted by Crippen LogP contribution is -2.47. The van der Waals surface area contributed by atoms with Gasteiger partial charge in [-0.15, -0.1) is 0 Å². The van der Waals surface area contributed by atoms with Crippen molar-refractivity contribution in [2.45, 2.75) is 31.5 Å². The Morgan fingerprint density at radius 3 is 2.67 bits per heavy atom. The van der Waals surface area contributed by atoms with E-state index < -0.39 is 5.60 Å². The van der Waals surface area contributed by atoms with Crippen LogP contribution in [0.15, 0.2) is 61.2 Å². The summed E-state index contributed by atoms with van der Waals surface area (Å²) in [6.45, 7) is 3.87. The number of benzene rings is 2. The average Bonchev–Trinajstić information content (AvgIpc) is 3.33. The van der Waals surface area contributed by atoms with Crippen molar-refractivity contribution in [1.82, 2.24) is 14.5 Å². The summed E-state index contributed by atoms with van der Waals surface area (Å²) >= 11 is 6.01. The maximum Gasteiger partial charge on any atom is 0.161 e. The predicted molar refractivity (Wildman–Crippen MR) is 127 cm³/mol. The third kappa shape index (κ3) is 6.63. The average molecular weight is 472 g/mol. The lowest BCUT2D eigenvalue weighted by Gasteiger charge is -2.38. The number of ether oxygens (including phenoxy) is 3. The van der Waals surface area contributed by atoms with Gasteiger partial charge < -0.3 is 23.9 Å². The van der Waals surface area contributed by atoms with E-state index in [4.69, 9.17) is 25.8 Å². The first-order valence-corrected chi connectivity index (χ1v) is 11.5. The topological polar surface area (TPSA) is 69.0 Å². The largest absolute Gasteiger partial charge is 0.493 e. The first-order valence-electron chi connectivity index (χ1n) is 11.1. The number of imidazole rings is 1. The molecule has 0 radical (unpaired) electrons. The Balaban J connectivity index is 1.28. The van der Waals surface area contributed by atoms with E-state index in [0.717, 1.165) is 43.2 Å². The van der Waals surface area contributed by atoms with Gasteiger partial charge in [0.1, 0.15) is 24.6 Å². The Bertz CT molecular complexity index is 1020. The summed E-state index contributed by atoms with van der Waals surface area (Å²) < 4.78 is 19.2. The van der Waals surface area contributed by atoms with E-state index in [9.17, 15) is 5.11 Å². The van der Waals surface area contributed by atoms with Crippen LogP contribution in [-0.2, 0) is 13.1 Å². The molecule has 1 aromatic heterocycles. The van der Waals surface area contributed by atoms with E-state index in [1.165, 1.54) is 0 Å². The van der Waals surface area contributed by atoms with Gasteiger partial charge in [0.15, 0.2) is 11.5 Å². The molecule has 0 saturated carbocycles. The molecule has 0 bridgehead atoms. The molecule has 1 aliphatic rings. The number of aromatic nitrogens is 2. The minimum atomic E-state index is -0.833. The highest BCUT2D eigenvalue weighted by Gasteiger charge is 2.33. The van der Waals surface area contributed by atoms with E-state index in [0.29, 0.717) is 30.2 Å². The maximum absolute atomic E-state index is 10.9. The van der Waals surface area contributed by atoms with Gasteiger partial charge in [-0.1, -0.05) is 23.7 Å². The number of methoxy groups -OCH3 is 1. The summed E-state index contributed by atoms with van der Waals surface area (Å²) in [6.07, 6.45) is 6.74. The fourth-order valence-electron chi connectivity index (χ4n) is 3.92. The quantitative estimate of drug-likeness (QED) is 0.481. The molecule has 0 amide bonds. The van der Waals surface area contributed by atoms with Crippen molar-refractivity contribution in [2.24, 2.45) is 0 Å². The van der Waals surface area contributed by atoms with Crippen molar-refractivity contribution in [1.29, 1.82) is 0 Å². The first kappa shape index (κ1) is 23.4. The lowest BCUT2D eigenvalue weighted by molar-refractivity contribution is -0.0537. The zero-order valence-corrected chi connectivity index (χ0v) is 19.6. The molecule has 1 fully saturated rings. The summed E-state index contributed by atoms with van der Waals surface area (Å²) in [5.74, 6) is 2.13. The number of nitrogens with zero attached hydrogens (tertiary/aromatic N) is 3. The molecule has 2 aromatic carbocycles. The lowest BCUT2D eigenvalue weighted by atomic mass is 9.92. The van der Waals surface area contributed by atoms with E-state index >= 15 is 0 Å². The fraction of sp³-hybridized carbons (Fsp3) is 0.400. The molecule has 0 spiro atoms. The number of likely N-dealkylation sites (tertiary alicyclic amines) is 1. The van der Waals surface area contributed by atoms with Crippen molar-refractivity contribution in [3.8, 4) is 17.2 Å². The van der Waals surface area contributed by atoms with Gasteiger partial charge in [0.25, 0.3) is 0 Å². The van der Waals surface area contributed by atoms with Crippen LogP contribution in [0.25, 0.3) is 0 Å². The van der Waals surface area contributed by atoms with E-state index in [1.54, 1.807) is 31.8 Å². The van der Waals surface area contributed by atoms with Crippen molar-refractivity contribution in [3.05, 3.63) is 71.8 Å². The molecule has 0 unspecified atom stereocenters. The third-order valence-corrected chi connectivity index (χ3v) is 6.13. The van der Waals surface area contributed by atoms with Gasteiger partial charge in [0.05, 0.1) is 20.0 Å². The van der Waals surface area contributed by atoms with Gasteiger partial charge in [-0.25, -0.2) is 4.98 Å². The van der Waals surface area contributed by atoms with Gasteiger partial charge in [-0.3, -0.25) is 4.90 Å². The van der Waals surface area contributed by atoms with Crippen LogP contribution < -0.4 is 14.2 Å². The number of halogens is 1. The number of rotatable bonds is 10. The van der Waals surface area contributed by atoms with Gasteiger partial charge in [-0.05, 0) is 48.7 Å². The van der Waals surface area contributed by atoms with Crippen LogP contribution in [0.4, 0.5) is 0 Å². The zero-order chi connectivity index (χ0) is 23.1. The molecular formula is C25H30ClN3O4. The minimum absolute atomic E-state index is 0.263. The van der Waals surface area contributed by atoms with Crippen molar-refractivity contribution < 1.29 is 19.3 Å². The molecule has 8 heteroatoms. The third-order valence-electron chi connectivity index (χ3n) is 5.89. The Hall–Kier alpha value is -2.74. The van der Waals surface area contributed by atoms with Crippen LogP contribution in [0.1, 0.15) is 18.4 Å². The molecule has 0 atom stereocenters. The summed E-state index contributed by atoms with van der Waals surface area (Å²) in [5.41, 5.74) is 0.314. The molecule has 4 rings (SSSR count). The van der Waals surface area contributed by atoms with E-state index in [1.807, 2.05) is 35.0 Å². The molecule has 176 valence electrons. The number of hydrogen-bond donors (Lipinski definition) is 1. The van der Waals surface area contributed by atoms with Crippen LogP contribution in [0.5, 0.6) is 17.2 Å². The minimum Gasteiger partial charge on any atom is -0.493 e. The summed E-state index contributed by atoms with van der Waals surface area (Å²) in [6, 6.07) is 13.3. The van der Waals surface area contributed by atoms with Crippen LogP contribution in [0.3, 0.4) is 0 Å². The Morgan fingerprint density at radius 1 is 1.09 bits per heavy atom. The molecule has 1 saturated heterocycles. The predicted octanol–water partition coefficient (Wildman–Crippen LogP) is 4.03. The van der Waals surface area contributed by atoms with Crippen LogP contribution in [0, 0.1) is 0 Å².